The number of nitrogens with one attached hydrogen (secondary N) is 1. The van der Waals surface area contributed by atoms with Crippen LogP contribution in [-0.4, -0.2) is 40.7 Å². The van der Waals surface area contributed by atoms with Crippen LogP contribution in [0.15, 0.2) is 24.3 Å². The van der Waals surface area contributed by atoms with Gasteiger partial charge in [0.05, 0.1) is 23.2 Å². The molecule has 22 heavy (non-hydrogen) atoms. The molecule has 1 aliphatic heterocycles. The third-order valence-electron chi connectivity index (χ3n) is 3.59. The molecule has 0 unspecified atom stereocenters. The molecule has 0 radical (unpaired) electrons. The van der Waals surface area contributed by atoms with E-state index in [-0.39, 0.29) is 12.0 Å². The van der Waals surface area contributed by atoms with Crippen molar-refractivity contribution in [2.75, 3.05) is 19.7 Å². The molecule has 1 amide bonds. The minimum absolute atomic E-state index is 0.0993. The van der Waals surface area contributed by atoms with Crippen LogP contribution in [0.25, 0.3) is 0 Å². The first-order valence-electron chi connectivity index (χ1n) is 6.92. The maximum atomic E-state index is 12.5. The Morgan fingerprint density at radius 2 is 2.18 bits per heavy atom. The van der Waals surface area contributed by atoms with Gasteiger partial charge < -0.3 is 9.64 Å². The van der Waals surface area contributed by atoms with Crippen LogP contribution >= 0.6 is 23.2 Å². The molecule has 1 aromatic heterocycles. The van der Waals surface area contributed by atoms with Crippen molar-refractivity contribution in [2.45, 2.75) is 13.0 Å². The first-order valence-corrected chi connectivity index (χ1v) is 7.68. The zero-order valence-electron chi connectivity index (χ0n) is 12.0. The van der Waals surface area contributed by atoms with Gasteiger partial charge in [0, 0.05) is 12.2 Å². The largest absolute Gasteiger partial charge is 0.370 e. The average Bonchev–Trinajstić information content (AvgIpc) is 2.96. The number of rotatable bonds is 2. The summed E-state index contributed by atoms with van der Waals surface area (Å²) in [6.45, 7) is 3.34. The number of amides is 1. The molecule has 1 aliphatic rings. The van der Waals surface area contributed by atoms with E-state index < -0.39 is 0 Å². The molecule has 1 fully saturated rings. The van der Waals surface area contributed by atoms with Gasteiger partial charge in [-0.05, 0) is 30.7 Å². The Morgan fingerprint density at radius 3 is 2.86 bits per heavy atom. The van der Waals surface area contributed by atoms with Crippen LogP contribution in [0, 0.1) is 6.92 Å². The van der Waals surface area contributed by atoms with Gasteiger partial charge in [0.15, 0.2) is 0 Å². The summed E-state index contributed by atoms with van der Waals surface area (Å²) in [5, 5.41) is 7.78. The Bertz CT molecular complexity index is 702. The predicted octanol–water partition coefficient (Wildman–Crippen LogP) is 3.24. The number of aromatic amines is 1. The lowest BCUT2D eigenvalue weighted by atomic mass is 10.1. The Morgan fingerprint density at radius 1 is 1.36 bits per heavy atom. The van der Waals surface area contributed by atoms with Gasteiger partial charge >= 0.3 is 0 Å². The number of nitrogens with zero attached hydrogens (tertiary/aromatic N) is 2. The number of carbonyl (C=O) groups excluding carboxylic acids is 1. The second kappa shape index (κ2) is 6.28. The van der Waals surface area contributed by atoms with E-state index in [0.29, 0.717) is 35.4 Å². The zero-order chi connectivity index (χ0) is 15.7. The molecule has 7 heteroatoms. The van der Waals surface area contributed by atoms with Gasteiger partial charge in [-0.2, -0.15) is 5.10 Å². The van der Waals surface area contributed by atoms with Crippen molar-refractivity contribution >= 4 is 29.1 Å². The Balaban J connectivity index is 1.76. The predicted molar refractivity (Wildman–Crippen MR) is 84.4 cm³/mol. The summed E-state index contributed by atoms with van der Waals surface area (Å²) in [5.74, 6) is -0.0993. The molecule has 1 aromatic carbocycles. The van der Waals surface area contributed by atoms with Gasteiger partial charge in [0.1, 0.15) is 11.8 Å². The maximum absolute atomic E-state index is 12.5. The molecular weight excluding hydrogens is 325 g/mol. The molecule has 1 N–H and O–H groups in total. The normalized spacial score (nSPS) is 18.5. The number of ether oxygens (including phenoxy) is 1. The molecule has 2 heterocycles. The number of benzene rings is 1. The molecule has 0 bridgehead atoms. The number of carbonyl (C=O) groups is 1. The zero-order valence-corrected chi connectivity index (χ0v) is 13.5. The second-order valence-electron chi connectivity index (χ2n) is 5.22. The van der Waals surface area contributed by atoms with E-state index in [4.69, 9.17) is 27.9 Å². The number of hydrogen-bond donors (Lipinski definition) is 1. The van der Waals surface area contributed by atoms with Crippen molar-refractivity contribution in [1.82, 2.24) is 15.1 Å². The Kier molecular flexibility index (Phi) is 4.38. The highest BCUT2D eigenvalue weighted by atomic mass is 35.5. The van der Waals surface area contributed by atoms with Crippen LogP contribution in [0.3, 0.4) is 0 Å². The summed E-state index contributed by atoms with van der Waals surface area (Å²) in [5.41, 5.74) is 2.19. The molecular formula is C15H15Cl2N3O2. The van der Waals surface area contributed by atoms with Gasteiger partial charge in [-0.15, -0.1) is 0 Å². The van der Waals surface area contributed by atoms with E-state index in [1.807, 2.05) is 13.0 Å². The highest BCUT2D eigenvalue weighted by molar-refractivity contribution is 6.42. The van der Waals surface area contributed by atoms with Crippen molar-refractivity contribution in [3.63, 3.8) is 0 Å². The van der Waals surface area contributed by atoms with E-state index in [1.54, 1.807) is 23.1 Å². The van der Waals surface area contributed by atoms with Crippen molar-refractivity contribution in [3.05, 3.63) is 51.3 Å². The molecule has 2 aromatic rings. The van der Waals surface area contributed by atoms with Crippen molar-refractivity contribution in [1.29, 1.82) is 0 Å². The summed E-state index contributed by atoms with van der Waals surface area (Å²) in [7, 11) is 0. The standard InChI is InChI=1S/C15H15Cl2N3O2/c1-9-6-13(19-18-9)15(21)20-4-5-22-14(8-20)10-2-3-11(16)12(17)7-10/h2-3,6-7,14H,4-5,8H2,1H3,(H,18,19)/t14-/m1/s1. The smallest absolute Gasteiger partial charge is 0.274 e. The monoisotopic (exact) mass is 339 g/mol. The molecule has 0 saturated carbocycles. The van der Waals surface area contributed by atoms with Crippen molar-refractivity contribution in [2.24, 2.45) is 0 Å². The number of hydrogen-bond acceptors (Lipinski definition) is 3. The van der Waals surface area contributed by atoms with Crippen LogP contribution in [-0.2, 0) is 4.74 Å². The van der Waals surface area contributed by atoms with Crippen LogP contribution in [0.1, 0.15) is 27.8 Å². The highest BCUT2D eigenvalue weighted by Crippen LogP contribution is 2.29. The topological polar surface area (TPSA) is 58.2 Å². The average molecular weight is 340 g/mol. The summed E-state index contributed by atoms with van der Waals surface area (Å²) in [6, 6.07) is 7.12. The lowest BCUT2D eigenvalue weighted by Crippen LogP contribution is -2.42. The van der Waals surface area contributed by atoms with E-state index in [2.05, 4.69) is 10.2 Å². The molecule has 5 nitrogen and oxygen atoms in total. The van der Waals surface area contributed by atoms with Crippen molar-refractivity contribution in [3.8, 4) is 0 Å². The minimum atomic E-state index is -0.215. The van der Waals surface area contributed by atoms with E-state index in [1.165, 1.54) is 0 Å². The fourth-order valence-corrected chi connectivity index (χ4v) is 2.74. The lowest BCUT2D eigenvalue weighted by molar-refractivity contribution is -0.0230. The quantitative estimate of drug-likeness (QED) is 0.913. The fourth-order valence-electron chi connectivity index (χ4n) is 2.44. The third-order valence-corrected chi connectivity index (χ3v) is 4.33. The number of morpholine rings is 1. The van der Waals surface area contributed by atoms with Crippen molar-refractivity contribution < 1.29 is 9.53 Å². The summed E-state index contributed by atoms with van der Waals surface area (Å²) in [4.78, 5) is 14.2. The van der Waals surface area contributed by atoms with Crippen LogP contribution < -0.4 is 0 Å². The van der Waals surface area contributed by atoms with Crippen LogP contribution in [0.5, 0.6) is 0 Å². The van der Waals surface area contributed by atoms with E-state index in [9.17, 15) is 4.79 Å². The first kappa shape index (κ1) is 15.3. The Hall–Kier alpha value is -1.56. The van der Waals surface area contributed by atoms with Gasteiger partial charge in [0.25, 0.3) is 5.91 Å². The van der Waals surface area contributed by atoms with Gasteiger partial charge in [0.2, 0.25) is 0 Å². The number of aromatic nitrogens is 2. The maximum Gasteiger partial charge on any atom is 0.274 e. The first-order chi connectivity index (χ1) is 10.5. The van der Waals surface area contributed by atoms with Gasteiger partial charge in [-0.3, -0.25) is 9.89 Å². The Labute approximate surface area is 138 Å². The lowest BCUT2D eigenvalue weighted by Gasteiger charge is -2.32. The van der Waals surface area contributed by atoms with E-state index in [0.717, 1.165) is 11.3 Å². The minimum Gasteiger partial charge on any atom is -0.370 e. The SMILES string of the molecule is Cc1cc(C(=O)N2CCO[C@@H](c3ccc(Cl)c(Cl)c3)C2)n[nH]1. The van der Waals surface area contributed by atoms with Gasteiger partial charge in [-0.25, -0.2) is 0 Å². The van der Waals surface area contributed by atoms with Crippen LogP contribution in [0.2, 0.25) is 10.0 Å². The number of aryl methyl sites for hydroxylation is 1. The second-order valence-corrected chi connectivity index (χ2v) is 6.03. The molecule has 1 saturated heterocycles. The summed E-state index contributed by atoms with van der Waals surface area (Å²) < 4.78 is 5.76. The summed E-state index contributed by atoms with van der Waals surface area (Å²) >= 11 is 12.0. The number of H-pyrrole nitrogens is 1. The molecule has 0 spiro atoms. The number of halogens is 2. The highest BCUT2D eigenvalue weighted by Gasteiger charge is 2.27. The molecule has 3 rings (SSSR count). The molecule has 0 aliphatic carbocycles. The summed E-state index contributed by atoms with van der Waals surface area (Å²) in [6.07, 6.45) is -0.215. The van der Waals surface area contributed by atoms with E-state index >= 15 is 0 Å². The molecule has 116 valence electrons. The molecule has 1 atom stereocenters. The fraction of sp³-hybridized carbons (Fsp3) is 0.333. The van der Waals surface area contributed by atoms with Gasteiger partial charge in [-0.1, -0.05) is 29.3 Å². The van der Waals surface area contributed by atoms with Crippen LogP contribution in [0.4, 0.5) is 0 Å². The third kappa shape index (κ3) is 3.11.